The van der Waals surface area contributed by atoms with E-state index in [0.717, 1.165) is 0 Å². The minimum Gasteiger partial charge on any atom is -0.481 e. The summed E-state index contributed by atoms with van der Waals surface area (Å²) in [5, 5.41) is 13.3. The Morgan fingerprint density at radius 3 is 2.67 bits per heavy atom. The highest BCUT2D eigenvalue weighted by Crippen LogP contribution is 1.94. The Morgan fingerprint density at radius 2 is 2.20 bits per heavy atom. The van der Waals surface area contributed by atoms with Crippen molar-refractivity contribution in [3.63, 3.8) is 0 Å². The van der Waals surface area contributed by atoms with Crippen molar-refractivity contribution in [3.8, 4) is 12.3 Å². The smallest absolute Gasteiger partial charge is 0.315 e. The van der Waals surface area contributed by atoms with E-state index in [2.05, 4.69) is 16.6 Å². The third-order valence-electron chi connectivity index (χ3n) is 1.58. The second-order valence-corrected chi connectivity index (χ2v) is 2.72. The molecule has 1 unspecified atom stereocenters. The molecule has 0 bridgehead atoms. The number of hydrogen-bond donors (Lipinski definition) is 3. The van der Waals surface area contributed by atoms with E-state index in [1.54, 1.807) is 0 Å². The van der Waals surface area contributed by atoms with Crippen LogP contribution in [0.5, 0.6) is 0 Å². The number of methoxy groups -OCH3 is 1. The van der Waals surface area contributed by atoms with E-state index in [9.17, 15) is 9.59 Å². The van der Waals surface area contributed by atoms with Gasteiger partial charge in [-0.3, -0.25) is 4.79 Å². The lowest BCUT2D eigenvalue weighted by atomic mass is 10.2. The molecule has 0 heterocycles. The van der Waals surface area contributed by atoms with Crippen molar-refractivity contribution < 1.29 is 19.4 Å². The summed E-state index contributed by atoms with van der Waals surface area (Å²) >= 11 is 0. The van der Waals surface area contributed by atoms with E-state index < -0.39 is 18.1 Å². The van der Waals surface area contributed by atoms with E-state index in [-0.39, 0.29) is 19.5 Å². The van der Waals surface area contributed by atoms with Crippen LogP contribution in [-0.2, 0) is 9.53 Å². The average Bonchev–Trinajstić information content (AvgIpc) is 2.20. The van der Waals surface area contributed by atoms with Crippen LogP contribution in [0.3, 0.4) is 0 Å². The Balaban J connectivity index is 3.75. The molecule has 0 rings (SSSR count). The SMILES string of the molecule is C#CCNC(=O)NCC(CC(=O)O)OC. The molecule has 0 aliphatic rings. The Morgan fingerprint density at radius 1 is 1.53 bits per heavy atom. The number of carbonyl (C=O) groups excluding carboxylic acids is 1. The topological polar surface area (TPSA) is 87.7 Å². The summed E-state index contributed by atoms with van der Waals surface area (Å²) in [5.74, 6) is 1.26. The number of carbonyl (C=O) groups is 2. The molecular formula is C9H14N2O4. The molecule has 2 amide bonds. The van der Waals surface area contributed by atoms with Gasteiger partial charge in [0.05, 0.1) is 19.1 Å². The van der Waals surface area contributed by atoms with E-state index in [1.807, 2.05) is 0 Å². The van der Waals surface area contributed by atoms with Crippen molar-refractivity contribution in [1.29, 1.82) is 0 Å². The number of carboxylic acids is 1. The first-order chi connectivity index (χ1) is 7.10. The Hall–Kier alpha value is -1.74. The van der Waals surface area contributed by atoms with Crippen LogP contribution < -0.4 is 10.6 Å². The molecular weight excluding hydrogens is 200 g/mol. The van der Waals surface area contributed by atoms with E-state index in [0.29, 0.717) is 0 Å². The number of terminal acetylenes is 1. The number of urea groups is 1. The summed E-state index contributed by atoms with van der Waals surface area (Å²) < 4.78 is 4.85. The highest BCUT2D eigenvalue weighted by molar-refractivity contribution is 5.74. The van der Waals surface area contributed by atoms with Gasteiger partial charge in [0, 0.05) is 13.7 Å². The second-order valence-electron chi connectivity index (χ2n) is 2.72. The Labute approximate surface area is 88.0 Å². The highest BCUT2D eigenvalue weighted by atomic mass is 16.5. The lowest BCUT2D eigenvalue weighted by Gasteiger charge is -2.13. The third-order valence-corrected chi connectivity index (χ3v) is 1.58. The number of aliphatic carboxylic acids is 1. The molecule has 0 aromatic rings. The molecule has 0 saturated carbocycles. The number of hydrogen-bond acceptors (Lipinski definition) is 3. The molecule has 0 radical (unpaired) electrons. The molecule has 1 atom stereocenters. The molecule has 0 spiro atoms. The number of carboxylic acid groups (broad SMARTS) is 1. The summed E-state index contributed by atoms with van der Waals surface area (Å²) in [5.41, 5.74) is 0. The van der Waals surface area contributed by atoms with Crippen LogP contribution in [0.15, 0.2) is 0 Å². The van der Waals surface area contributed by atoms with Crippen molar-refractivity contribution in [2.75, 3.05) is 20.2 Å². The molecule has 0 aromatic carbocycles. The number of amides is 2. The van der Waals surface area contributed by atoms with Crippen molar-refractivity contribution in [1.82, 2.24) is 10.6 Å². The molecule has 3 N–H and O–H groups in total. The van der Waals surface area contributed by atoms with Gasteiger partial charge in [0.25, 0.3) is 0 Å². The first kappa shape index (κ1) is 13.3. The summed E-state index contributed by atoms with van der Waals surface area (Å²) in [6.45, 7) is 0.252. The molecule has 84 valence electrons. The van der Waals surface area contributed by atoms with Crippen molar-refractivity contribution in [2.45, 2.75) is 12.5 Å². The molecule has 15 heavy (non-hydrogen) atoms. The summed E-state index contributed by atoms with van der Waals surface area (Å²) in [4.78, 5) is 21.3. The van der Waals surface area contributed by atoms with Crippen molar-refractivity contribution in [3.05, 3.63) is 0 Å². The summed E-state index contributed by atoms with van der Waals surface area (Å²) in [7, 11) is 1.38. The number of rotatable bonds is 6. The zero-order valence-electron chi connectivity index (χ0n) is 8.45. The summed E-state index contributed by atoms with van der Waals surface area (Å²) in [6, 6.07) is -0.444. The second kappa shape index (κ2) is 7.64. The normalized spacial score (nSPS) is 11.2. The molecule has 0 fully saturated rings. The monoisotopic (exact) mass is 214 g/mol. The Kier molecular flexibility index (Phi) is 6.76. The first-order valence-corrected chi connectivity index (χ1v) is 4.30. The predicted octanol–water partition coefficient (Wildman–Crippen LogP) is -0.591. The van der Waals surface area contributed by atoms with Gasteiger partial charge in [-0.05, 0) is 0 Å². The van der Waals surface area contributed by atoms with Crippen LogP contribution in [0.25, 0.3) is 0 Å². The largest absolute Gasteiger partial charge is 0.481 e. The summed E-state index contributed by atoms with van der Waals surface area (Å²) in [6.07, 6.45) is 4.23. The predicted molar refractivity (Wildman–Crippen MR) is 53.3 cm³/mol. The Bertz CT molecular complexity index is 259. The van der Waals surface area contributed by atoms with Gasteiger partial charge in [-0.15, -0.1) is 6.42 Å². The zero-order chi connectivity index (χ0) is 11.7. The van der Waals surface area contributed by atoms with Crippen LogP contribution in [-0.4, -0.2) is 43.4 Å². The van der Waals surface area contributed by atoms with Gasteiger partial charge in [-0.2, -0.15) is 0 Å². The molecule has 6 heteroatoms. The van der Waals surface area contributed by atoms with E-state index >= 15 is 0 Å². The van der Waals surface area contributed by atoms with Crippen molar-refractivity contribution in [2.24, 2.45) is 0 Å². The fourth-order valence-corrected chi connectivity index (χ4v) is 0.834. The van der Waals surface area contributed by atoms with Crippen LogP contribution in [0.4, 0.5) is 4.79 Å². The van der Waals surface area contributed by atoms with Gasteiger partial charge in [0.2, 0.25) is 0 Å². The van der Waals surface area contributed by atoms with Gasteiger partial charge in [-0.25, -0.2) is 4.79 Å². The average molecular weight is 214 g/mol. The minimum absolute atomic E-state index is 0.124. The molecule has 6 nitrogen and oxygen atoms in total. The van der Waals surface area contributed by atoms with Crippen LogP contribution in [0, 0.1) is 12.3 Å². The van der Waals surface area contributed by atoms with Gasteiger partial charge >= 0.3 is 12.0 Å². The lowest BCUT2D eigenvalue weighted by molar-refractivity contribution is -0.139. The fraction of sp³-hybridized carbons (Fsp3) is 0.556. The standard InChI is InChI=1S/C9H14N2O4/c1-3-4-10-9(14)11-6-7(15-2)5-8(12)13/h1,7H,4-6H2,2H3,(H,12,13)(H2,10,11,14). The number of nitrogens with one attached hydrogen (secondary N) is 2. The zero-order valence-corrected chi connectivity index (χ0v) is 8.45. The van der Waals surface area contributed by atoms with Gasteiger partial charge in [0.1, 0.15) is 0 Å². The van der Waals surface area contributed by atoms with Crippen LogP contribution in [0.2, 0.25) is 0 Å². The first-order valence-electron chi connectivity index (χ1n) is 4.30. The van der Waals surface area contributed by atoms with Gasteiger partial charge in [-0.1, -0.05) is 5.92 Å². The molecule has 0 aliphatic heterocycles. The fourth-order valence-electron chi connectivity index (χ4n) is 0.834. The third kappa shape index (κ3) is 7.34. The van der Waals surface area contributed by atoms with Crippen molar-refractivity contribution >= 4 is 12.0 Å². The lowest BCUT2D eigenvalue weighted by Crippen LogP contribution is -2.40. The number of ether oxygens (including phenoxy) is 1. The molecule has 0 aliphatic carbocycles. The van der Waals surface area contributed by atoms with Crippen LogP contribution >= 0.6 is 0 Å². The maximum atomic E-state index is 11.0. The minimum atomic E-state index is -0.979. The highest BCUT2D eigenvalue weighted by Gasteiger charge is 2.12. The quantitative estimate of drug-likeness (QED) is 0.516. The maximum absolute atomic E-state index is 11.0. The van der Waals surface area contributed by atoms with Gasteiger partial charge in [0.15, 0.2) is 0 Å². The van der Waals surface area contributed by atoms with E-state index in [4.69, 9.17) is 16.3 Å². The maximum Gasteiger partial charge on any atom is 0.315 e. The molecule has 0 aromatic heterocycles. The van der Waals surface area contributed by atoms with Crippen LogP contribution in [0.1, 0.15) is 6.42 Å². The van der Waals surface area contributed by atoms with Gasteiger partial charge < -0.3 is 20.5 Å². The van der Waals surface area contributed by atoms with E-state index in [1.165, 1.54) is 7.11 Å². The molecule has 0 saturated heterocycles.